The Kier molecular flexibility index (Phi) is 6.80. The van der Waals surface area contributed by atoms with Crippen LogP contribution in [0.3, 0.4) is 0 Å². The van der Waals surface area contributed by atoms with Crippen LogP contribution in [0.15, 0.2) is 60.8 Å². The molecule has 0 N–H and O–H groups in total. The molecule has 0 bridgehead atoms. The molecule has 5 rings (SSSR count). The van der Waals surface area contributed by atoms with E-state index in [2.05, 4.69) is 23.2 Å². The maximum absolute atomic E-state index is 12.8. The Balaban J connectivity index is 1.10. The summed E-state index contributed by atoms with van der Waals surface area (Å²) in [7, 11) is 0. The molecule has 1 fully saturated rings. The van der Waals surface area contributed by atoms with Crippen LogP contribution in [0, 0.1) is 17.2 Å². The molecular formula is C28H27N3O4. The van der Waals surface area contributed by atoms with Gasteiger partial charge in [-0.25, -0.2) is 0 Å². The van der Waals surface area contributed by atoms with Gasteiger partial charge in [0.25, 0.3) is 5.91 Å². The van der Waals surface area contributed by atoms with Crippen molar-refractivity contribution in [3.63, 3.8) is 0 Å². The summed E-state index contributed by atoms with van der Waals surface area (Å²) in [5.74, 6) is 2.81. The minimum absolute atomic E-state index is 0.00569. The SMILES string of the molecule is N#Cc1ccc(-c2ncccc2OCC(=O)N2CCC(CCc3ccc4c(c3)OCO4)CC2)cc1. The minimum Gasteiger partial charge on any atom is -0.481 e. The number of amides is 1. The number of likely N-dealkylation sites (tertiary alicyclic amines) is 1. The van der Waals surface area contributed by atoms with Crippen LogP contribution in [-0.4, -0.2) is 42.3 Å². The van der Waals surface area contributed by atoms with E-state index in [1.165, 1.54) is 5.56 Å². The Labute approximate surface area is 204 Å². The Bertz CT molecular complexity index is 1230. The first kappa shape index (κ1) is 22.7. The van der Waals surface area contributed by atoms with Gasteiger partial charge in [0, 0.05) is 24.8 Å². The molecule has 0 aliphatic carbocycles. The molecule has 35 heavy (non-hydrogen) atoms. The molecule has 178 valence electrons. The summed E-state index contributed by atoms with van der Waals surface area (Å²) in [6.07, 6.45) is 5.79. The van der Waals surface area contributed by atoms with Crippen molar-refractivity contribution >= 4 is 5.91 Å². The fourth-order valence-electron chi connectivity index (χ4n) is 4.60. The van der Waals surface area contributed by atoms with Gasteiger partial charge in [-0.05, 0) is 73.6 Å². The molecule has 7 nitrogen and oxygen atoms in total. The molecule has 1 amide bonds. The first-order chi connectivity index (χ1) is 17.2. The Morgan fingerprint density at radius 3 is 2.69 bits per heavy atom. The third-order valence-electron chi connectivity index (χ3n) is 6.65. The van der Waals surface area contributed by atoms with E-state index in [9.17, 15) is 4.79 Å². The Morgan fingerprint density at radius 1 is 1.09 bits per heavy atom. The highest BCUT2D eigenvalue weighted by Gasteiger charge is 2.23. The zero-order chi connectivity index (χ0) is 24.0. The van der Waals surface area contributed by atoms with Crippen molar-refractivity contribution in [3.05, 3.63) is 71.9 Å². The van der Waals surface area contributed by atoms with E-state index >= 15 is 0 Å². The number of nitrogens with zero attached hydrogens (tertiary/aromatic N) is 3. The van der Waals surface area contributed by atoms with Gasteiger partial charge in [0.1, 0.15) is 11.4 Å². The molecule has 3 heterocycles. The lowest BCUT2D eigenvalue weighted by Crippen LogP contribution is -2.41. The monoisotopic (exact) mass is 469 g/mol. The van der Waals surface area contributed by atoms with E-state index in [0.717, 1.165) is 55.8 Å². The van der Waals surface area contributed by atoms with Gasteiger partial charge in [0.2, 0.25) is 6.79 Å². The molecule has 2 aliphatic rings. The van der Waals surface area contributed by atoms with Crippen molar-refractivity contribution < 1.29 is 19.0 Å². The quantitative estimate of drug-likeness (QED) is 0.503. The summed E-state index contributed by atoms with van der Waals surface area (Å²) < 4.78 is 16.7. The van der Waals surface area contributed by atoms with Gasteiger partial charge in [-0.3, -0.25) is 9.78 Å². The van der Waals surface area contributed by atoms with Crippen molar-refractivity contribution in [1.82, 2.24) is 9.88 Å². The van der Waals surface area contributed by atoms with Crippen LogP contribution in [0.4, 0.5) is 0 Å². The minimum atomic E-state index is -0.0170. The number of hydrogen-bond donors (Lipinski definition) is 0. The summed E-state index contributed by atoms with van der Waals surface area (Å²) in [5.41, 5.74) is 3.35. The molecule has 0 saturated carbocycles. The van der Waals surface area contributed by atoms with Crippen molar-refractivity contribution in [2.45, 2.75) is 25.7 Å². The number of aryl methyl sites for hydroxylation is 1. The maximum Gasteiger partial charge on any atom is 0.260 e. The van der Waals surface area contributed by atoms with Crippen molar-refractivity contribution in [1.29, 1.82) is 5.26 Å². The number of hydrogen-bond acceptors (Lipinski definition) is 6. The Morgan fingerprint density at radius 2 is 1.89 bits per heavy atom. The number of pyridine rings is 1. The molecule has 2 aromatic carbocycles. The lowest BCUT2D eigenvalue weighted by atomic mass is 9.90. The predicted octanol–water partition coefficient (Wildman–Crippen LogP) is 4.60. The van der Waals surface area contributed by atoms with Gasteiger partial charge in [0.05, 0.1) is 11.6 Å². The number of benzene rings is 2. The van der Waals surface area contributed by atoms with Gasteiger partial charge in [0.15, 0.2) is 18.1 Å². The highest BCUT2D eigenvalue weighted by molar-refractivity contribution is 5.78. The average Bonchev–Trinajstić information content (AvgIpc) is 3.39. The van der Waals surface area contributed by atoms with Crippen LogP contribution < -0.4 is 14.2 Å². The third kappa shape index (κ3) is 5.38. The standard InChI is InChI=1S/C28H27N3O4/c29-17-22-5-8-23(9-6-22)28-25(2-1-13-30-28)33-18-27(32)31-14-11-20(12-15-31)3-4-21-7-10-24-26(16-21)35-19-34-24/h1-2,5-10,13,16,20H,3-4,11-12,14-15,18-19H2. The van der Waals surface area contributed by atoms with E-state index in [4.69, 9.17) is 19.5 Å². The normalized spacial score (nSPS) is 15.0. The van der Waals surface area contributed by atoms with E-state index in [0.29, 0.717) is 29.7 Å². The number of ether oxygens (including phenoxy) is 3. The van der Waals surface area contributed by atoms with E-state index in [1.54, 1.807) is 24.4 Å². The van der Waals surface area contributed by atoms with E-state index < -0.39 is 0 Å². The summed E-state index contributed by atoms with van der Waals surface area (Å²) in [6, 6.07) is 19.0. The summed E-state index contributed by atoms with van der Waals surface area (Å²) in [5, 5.41) is 9.01. The van der Waals surface area contributed by atoms with Crippen LogP contribution in [0.2, 0.25) is 0 Å². The Hall–Kier alpha value is -4.05. The van der Waals surface area contributed by atoms with Crippen molar-refractivity contribution in [2.24, 2.45) is 5.92 Å². The smallest absolute Gasteiger partial charge is 0.260 e. The molecule has 0 atom stereocenters. The van der Waals surface area contributed by atoms with Crippen LogP contribution in [-0.2, 0) is 11.2 Å². The highest BCUT2D eigenvalue weighted by Crippen LogP contribution is 2.33. The molecular weight excluding hydrogens is 442 g/mol. The van der Waals surface area contributed by atoms with Gasteiger partial charge in [-0.15, -0.1) is 0 Å². The first-order valence-electron chi connectivity index (χ1n) is 11.9. The zero-order valence-electron chi connectivity index (χ0n) is 19.5. The van der Waals surface area contributed by atoms with Gasteiger partial charge < -0.3 is 19.1 Å². The number of aromatic nitrogens is 1. The number of carbonyl (C=O) groups excluding carboxylic acids is 1. The molecule has 1 saturated heterocycles. The summed E-state index contributed by atoms with van der Waals surface area (Å²) in [6.45, 7) is 1.79. The lowest BCUT2D eigenvalue weighted by Gasteiger charge is -2.32. The summed E-state index contributed by atoms with van der Waals surface area (Å²) >= 11 is 0. The predicted molar refractivity (Wildman–Crippen MR) is 130 cm³/mol. The molecule has 1 aromatic heterocycles. The maximum atomic E-state index is 12.8. The van der Waals surface area contributed by atoms with E-state index in [-0.39, 0.29) is 12.5 Å². The second-order valence-corrected chi connectivity index (χ2v) is 8.88. The topological polar surface area (TPSA) is 84.7 Å². The number of rotatable bonds is 7. The van der Waals surface area contributed by atoms with Crippen LogP contribution >= 0.6 is 0 Å². The molecule has 0 unspecified atom stereocenters. The second kappa shape index (κ2) is 10.5. The van der Waals surface area contributed by atoms with Crippen molar-refractivity contribution in [3.8, 4) is 34.6 Å². The highest BCUT2D eigenvalue weighted by atomic mass is 16.7. The molecule has 7 heteroatoms. The number of nitriles is 1. The molecule has 0 spiro atoms. The molecule has 3 aromatic rings. The van der Waals surface area contributed by atoms with E-state index in [1.807, 2.05) is 29.2 Å². The van der Waals surface area contributed by atoms with Crippen molar-refractivity contribution in [2.75, 3.05) is 26.5 Å². The number of fused-ring (bicyclic) bond motifs is 1. The van der Waals surface area contributed by atoms with Gasteiger partial charge in [-0.2, -0.15) is 5.26 Å². The molecule has 0 radical (unpaired) electrons. The average molecular weight is 470 g/mol. The number of carbonyl (C=O) groups is 1. The summed E-state index contributed by atoms with van der Waals surface area (Å²) in [4.78, 5) is 19.1. The lowest BCUT2D eigenvalue weighted by molar-refractivity contribution is -0.134. The zero-order valence-corrected chi connectivity index (χ0v) is 19.5. The first-order valence-corrected chi connectivity index (χ1v) is 11.9. The van der Waals surface area contributed by atoms with Gasteiger partial charge in [-0.1, -0.05) is 18.2 Å². The van der Waals surface area contributed by atoms with Crippen LogP contribution in [0.1, 0.15) is 30.4 Å². The fraction of sp³-hybridized carbons (Fsp3) is 0.321. The largest absolute Gasteiger partial charge is 0.481 e. The third-order valence-corrected chi connectivity index (χ3v) is 6.65. The number of piperidine rings is 1. The van der Waals surface area contributed by atoms with Gasteiger partial charge >= 0.3 is 0 Å². The van der Waals surface area contributed by atoms with Crippen LogP contribution in [0.5, 0.6) is 17.2 Å². The fourth-order valence-corrected chi connectivity index (χ4v) is 4.60. The van der Waals surface area contributed by atoms with Crippen LogP contribution in [0.25, 0.3) is 11.3 Å². The molecule has 2 aliphatic heterocycles. The second-order valence-electron chi connectivity index (χ2n) is 8.88.